The van der Waals surface area contributed by atoms with Gasteiger partial charge in [-0.2, -0.15) is 0 Å². The number of benzene rings is 3. The number of hydrogen-bond donors (Lipinski definition) is 0. The van der Waals surface area contributed by atoms with Gasteiger partial charge in [0.2, 0.25) is 0 Å². The molecule has 25 heavy (non-hydrogen) atoms. The van der Waals surface area contributed by atoms with Crippen LogP contribution >= 0.6 is 11.6 Å². The Balaban J connectivity index is 1.94. The van der Waals surface area contributed by atoms with Gasteiger partial charge in [-0.25, -0.2) is 0 Å². The maximum atomic E-state index is 12.8. The summed E-state index contributed by atoms with van der Waals surface area (Å²) in [4.78, 5) is 12.8. The summed E-state index contributed by atoms with van der Waals surface area (Å²) in [6, 6.07) is 27.3. The van der Waals surface area contributed by atoms with Crippen LogP contribution in [0.25, 0.3) is 22.0 Å². The van der Waals surface area contributed by atoms with Crippen LogP contribution < -0.4 is 5.56 Å². The predicted molar refractivity (Wildman–Crippen MR) is 104 cm³/mol. The van der Waals surface area contributed by atoms with Gasteiger partial charge in [-0.15, -0.1) is 0 Å². The lowest BCUT2D eigenvalue weighted by atomic mass is 10.0. The van der Waals surface area contributed by atoms with Gasteiger partial charge in [0.05, 0.1) is 12.1 Å². The van der Waals surface area contributed by atoms with Gasteiger partial charge < -0.3 is 4.57 Å². The average Bonchev–Trinajstić information content (AvgIpc) is 2.64. The molecule has 0 bridgehead atoms. The lowest BCUT2D eigenvalue weighted by Crippen LogP contribution is -2.20. The lowest BCUT2D eigenvalue weighted by molar-refractivity contribution is 0.795. The van der Waals surface area contributed by atoms with Crippen LogP contribution in [-0.2, 0) is 6.54 Å². The van der Waals surface area contributed by atoms with E-state index >= 15 is 0 Å². The zero-order valence-corrected chi connectivity index (χ0v) is 14.3. The molecule has 122 valence electrons. The van der Waals surface area contributed by atoms with Crippen molar-refractivity contribution < 1.29 is 0 Å². The molecule has 0 fully saturated rings. The molecule has 1 aromatic heterocycles. The second-order valence-electron chi connectivity index (χ2n) is 6.00. The third-order valence-corrected chi connectivity index (χ3v) is 4.57. The van der Waals surface area contributed by atoms with Crippen LogP contribution in [0.5, 0.6) is 0 Å². The summed E-state index contributed by atoms with van der Waals surface area (Å²) in [6.45, 7) is 0.552. The molecule has 0 spiro atoms. The number of aromatic nitrogens is 1. The molecule has 0 N–H and O–H groups in total. The molecule has 0 aliphatic heterocycles. The van der Waals surface area contributed by atoms with Gasteiger partial charge >= 0.3 is 0 Å². The smallest absolute Gasteiger partial charge is 0.251 e. The van der Waals surface area contributed by atoms with Gasteiger partial charge in [0.15, 0.2) is 0 Å². The summed E-state index contributed by atoms with van der Waals surface area (Å²) in [6.07, 6.45) is 0. The molecule has 3 heteroatoms. The number of hydrogen-bond acceptors (Lipinski definition) is 1. The summed E-state index contributed by atoms with van der Waals surface area (Å²) in [7, 11) is 0. The maximum absolute atomic E-state index is 12.8. The van der Waals surface area contributed by atoms with Crippen molar-refractivity contribution >= 4 is 22.5 Å². The minimum Gasteiger partial charge on any atom is -0.304 e. The first-order valence-electron chi connectivity index (χ1n) is 8.15. The minimum absolute atomic E-state index is 0.0162. The SMILES string of the molecule is O=c1cc(-c2cccc(Cl)c2)c2ccccc2n1Cc1ccccc1. The first-order chi connectivity index (χ1) is 12.2. The van der Waals surface area contributed by atoms with Crippen molar-refractivity contribution in [1.29, 1.82) is 0 Å². The van der Waals surface area contributed by atoms with E-state index in [-0.39, 0.29) is 5.56 Å². The van der Waals surface area contributed by atoms with Crippen LogP contribution in [0.15, 0.2) is 89.7 Å². The van der Waals surface area contributed by atoms with E-state index in [0.29, 0.717) is 11.6 Å². The zero-order valence-electron chi connectivity index (χ0n) is 13.5. The second-order valence-corrected chi connectivity index (χ2v) is 6.43. The van der Waals surface area contributed by atoms with Gasteiger partial charge in [0.1, 0.15) is 0 Å². The maximum Gasteiger partial charge on any atom is 0.251 e. The lowest BCUT2D eigenvalue weighted by Gasteiger charge is -2.14. The quantitative estimate of drug-likeness (QED) is 0.489. The first kappa shape index (κ1) is 15.7. The van der Waals surface area contributed by atoms with E-state index in [1.807, 2.05) is 83.4 Å². The number of fused-ring (bicyclic) bond motifs is 1. The highest BCUT2D eigenvalue weighted by molar-refractivity contribution is 6.30. The highest BCUT2D eigenvalue weighted by Crippen LogP contribution is 2.29. The van der Waals surface area contributed by atoms with Crippen LogP contribution in [0.2, 0.25) is 5.02 Å². The Labute approximate surface area is 150 Å². The summed E-state index contributed by atoms with van der Waals surface area (Å²) in [5.41, 5.74) is 3.87. The van der Waals surface area contributed by atoms with E-state index < -0.39 is 0 Å². The van der Waals surface area contributed by atoms with Crippen molar-refractivity contribution in [2.75, 3.05) is 0 Å². The minimum atomic E-state index is -0.0162. The van der Waals surface area contributed by atoms with Crippen molar-refractivity contribution in [3.8, 4) is 11.1 Å². The van der Waals surface area contributed by atoms with Gasteiger partial charge in [0, 0.05) is 16.5 Å². The number of nitrogens with zero attached hydrogens (tertiary/aromatic N) is 1. The van der Waals surface area contributed by atoms with Crippen molar-refractivity contribution in [1.82, 2.24) is 4.57 Å². The fraction of sp³-hybridized carbons (Fsp3) is 0.0455. The Hall–Kier alpha value is -2.84. The van der Waals surface area contributed by atoms with E-state index in [1.165, 1.54) is 0 Å². The van der Waals surface area contributed by atoms with Crippen LogP contribution in [0.1, 0.15) is 5.56 Å². The van der Waals surface area contributed by atoms with Gasteiger partial charge in [-0.3, -0.25) is 4.79 Å². The van der Waals surface area contributed by atoms with Crippen LogP contribution in [-0.4, -0.2) is 4.57 Å². The summed E-state index contributed by atoms with van der Waals surface area (Å²) in [5.74, 6) is 0. The van der Waals surface area contributed by atoms with E-state index in [1.54, 1.807) is 6.07 Å². The second kappa shape index (κ2) is 6.58. The summed E-state index contributed by atoms with van der Waals surface area (Å²) < 4.78 is 1.82. The average molecular weight is 346 g/mol. The Morgan fingerprint density at radius 1 is 0.800 bits per heavy atom. The molecule has 4 rings (SSSR count). The van der Waals surface area contributed by atoms with Crippen molar-refractivity contribution in [3.05, 3.63) is 106 Å². The topological polar surface area (TPSA) is 22.0 Å². The highest BCUT2D eigenvalue weighted by atomic mass is 35.5. The number of halogens is 1. The number of pyridine rings is 1. The Kier molecular flexibility index (Phi) is 4.12. The third-order valence-electron chi connectivity index (χ3n) is 4.34. The van der Waals surface area contributed by atoms with E-state index in [4.69, 9.17) is 11.6 Å². The van der Waals surface area contributed by atoms with Crippen molar-refractivity contribution in [2.45, 2.75) is 6.54 Å². The number of para-hydroxylation sites is 1. The van der Waals surface area contributed by atoms with Crippen LogP contribution in [0.3, 0.4) is 0 Å². The predicted octanol–water partition coefficient (Wildman–Crippen LogP) is 5.37. The first-order valence-corrected chi connectivity index (χ1v) is 8.52. The zero-order chi connectivity index (χ0) is 17.2. The van der Waals surface area contributed by atoms with Crippen LogP contribution in [0.4, 0.5) is 0 Å². The molecule has 0 saturated carbocycles. The van der Waals surface area contributed by atoms with E-state index in [9.17, 15) is 4.79 Å². The molecule has 3 aromatic carbocycles. The molecule has 0 atom stereocenters. The normalized spacial score (nSPS) is 10.9. The standard InChI is InChI=1S/C22H16ClNO/c23-18-10-6-9-17(13-18)20-14-22(25)24(15-16-7-2-1-3-8-16)21-12-5-4-11-19(20)21/h1-14H,15H2. The van der Waals surface area contributed by atoms with Gasteiger partial charge in [0.25, 0.3) is 5.56 Å². The molecule has 0 radical (unpaired) electrons. The monoisotopic (exact) mass is 345 g/mol. The van der Waals surface area contributed by atoms with Gasteiger partial charge in [-0.05, 0) is 34.9 Å². The van der Waals surface area contributed by atoms with Crippen molar-refractivity contribution in [3.63, 3.8) is 0 Å². The molecule has 2 nitrogen and oxygen atoms in total. The fourth-order valence-corrected chi connectivity index (χ4v) is 3.35. The fourth-order valence-electron chi connectivity index (χ4n) is 3.16. The van der Waals surface area contributed by atoms with E-state index in [0.717, 1.165) is 27.6 Å². The third kappa shape index (κ3) is 3.09. The highest BCUT2D eigenvalue weighted by Gasteiger charge is 2.11. The Bertz CT molecular complexity index is 1100. The molecule has 0 saturated heterocycles. The Morgan fingerprint density at radius 3 is 2.36 bits per heavy atom. The van der Waals surface area contributed by atoms with E-state index in [2.05, 4.69) is 0 Å². The van der Waals surface area contributed by atoms with Crippen LogP contribution in [0, 0.1) is 0 Å². The summed E-state index contributed by atoms with van der Waals surface area (Å²) >= 11 is 6.14. The molecule has 0 unspecified atom stereocenters. The summed E-state index contributed by atoms with van der Waals surface area (Å²) in [5, 5.41) is 1.70. The molecular weight excluding hydrogens is 330 g/mol. The number of rotatable bonds is 3. The van der Waals surface area contributed by atoms with Gasteiger partial charge in [-0.1, -0.05) is 72.3 Å². The molecule has 0 aliphatic rings. The molecular formula is C22H16ClNO. The Morgan fingerprint density at radius 2 is 1.56 bits per heavy atom. The molecule has 4 aromatic rings. The largest absolute Gasteiger partial charge is 0.304 e. The molecule has 1 heterocycles. The molecule has 0 amide bonds. The van der Waals surface area contributed by atoms with Crippen molar-refractivity contribution in [2.24, 2.45) is 0 Å². The molecule has 0 aliphatic carbocycles.